The van der Waals surface area contributed by atoms with Crippen LogP contribution in [-0.2, 0) is 0 Å². The lowest BCUT2D eigenvalue weighted by atomic mass is 10.1. The van der Waals surface area contributed by atoms with Gasteiger partial charge in [0.05, 0.1) is 15.2 Å². The second-order valence-electron chi connectivity index (χ2n) is 8.61. The average molecular weight is 347 g/mol. The van der Waals surface area contributed by atoms with Gasteiger partial charge in [0.25, 0.3) is 0 Å². The third-order valence-electron chi connectivity index (χ3n) is 3.68. The van der Waals surface area contributed by atoms with E-state index in [2.05, 4.69) is 69.3 Å². The zero-order valence-electron chi connectivity index (χ0n) is 16.1. The van der Waals surface area contributed by atoms with Gasteiger partial charge in [-0.15, -0.1) is 0 Å². The fourth-order valence-electron chi connectivity index (χ4n) is 2.27. The molecule has 0 radical (unpaired) electrons. The Hall–Kier alpha value is -1.07. The van der Waals surface area contributed by atoms with Gasteiger partial charge >= 0.3 is 0 Å². The van der Waals surface area contributed by atoms with Crippen molar-refractivity contribution in [3.63, 3.8) is 0 Å². The van der Waals surface area contributed by atoms with Crippen molar-refractivity contribution in [2.24, 2.45) is 0 Å². The van der Waals surface area contributed by atoms with E-state index in [0.717, 1.165) is 12.2 Å². The Labute approximate surface area is 145 Å². The molecule has 23 heavy (non-hydrogen) atoms. The summed E-state index contributed by atoms with van der Waals surface area (Å²) in [6.07, 6.45) is 7.07. The van der Waals surface area contributed by atoms with E-state index in [0.29, 0.717) is 0 Å². The van der Waals surface area contributed by atoms with Crippen molar-refractivity contribution in [1.82, 2.24) is 0 Å². The first-order valence-corrected chi connectivity index (χ1v) is 15.9. The smallest absolute Gasteiger partial charge is 0.118 e. The number of hydrogen-bond acceptors (Lipinski definition) is 1. The lowest BCUT2D eigenvalue weighted by Gasteiger charge is -2.17. The predicted octanol–water partition coefficient (Wildman–Crippen LogP) is 6.63. The molecule has 0 aliphatic carbocycles. The molecule has 0 N–H and O–H groups in total. The predicted molar refractivity (Wildman–Crippen MR) is 111 cm³/mol. The van der Waals surface area contributed by atoms with E-state index >= 15 is 0 Å². The Morgan fingerprint density at radius 1 is 1.00 bits per heavy atom. The molecule has 0 amide bonds. The SMILES string of the molecule is COc1ccc(/C=C(/C/C=C/[Si](C)(C)C)CC[Si](C)(C)C)cc1. The Morgan fingerprint density at radius 3 is 2.09 bits per heavy atom. The fourth-order valence-corrected chi connectivity index (χ4v) is 4.16. The molecule has 1 nitrogen and oxygen atoms in total. The van der Waals surface area contributed by atoms with Gasteiger partial charge in [0.1, 0.15) is 5.75 Å². The number of hydrogen-bond donors (Lipinski definition) is 0. The summed E-state index contributed by atoms with van der Waals surface area (Å²) in [5.74, 6) is 0.921. The summed E-state index contributed by atoms with van der Waals surface area (Å²) < 4.78 is 5.25. The highest BCUT2D eigenvalue weighted by Gasteiger charge is 2.13. The quantitative estimate of drug-likeness (QED) is 0.480. The topological polar surface area (TPSA) is 9.23 Å². The van der Waals surface area contributed by atoms with Gasteiger partial charge in [-0.3, -0.25) is 0 Å². The van der Waals surface area contributed by atoms with Crippen LogP contribution in [0, 0.1) is 0 Å². The fraction of sp³-hybridized carbons (Fsp3) is 0.500. The molecule has 0 atom stereocenters. The van der Waals surface area contributed by atoms with Crippen LogP contribution in [-0.4, -0.2) is 23.3 Å². The van der Waals surface area contributed by atoms with E-state index in [4.69, 9.17) is 4.74 Å². The van der Waals surface area contributed by atoms with Crippen molar-refractivity contribution in [2.75, 3.05) is 7.11 Å². The molecule has 0 saturated carbocycles. The minimum absolute atomic E-state index is 0.921. The molecule has 0 aliphatic heterocycles. The van der Waals surface area contributed by atoms with Gasteiger partial charge < -0.3 is 4.74 Å². The molecule has 128 valence electrons. The molecule has 1 aromatic rings. The van der Waals surface area contributed by atoms with Gasteiger partial charge in [0.15, 0.2) is 0 Å². The maximum absolute atomic E-state index is 5.25. The highest BCUT2D eigenvalue weighted by molar-refractivity contribution is 6.80. The van der Waals surface area contributed by atoms with E-state index in [1.54, 1.807) is 12.7 Å². The van der Waals surface area contributed by atoms with Crippen molar-refractivity contribution >= 4 is 22.2 Å². The largest absolute Gasteiger partial charge is 0.497 e. The highest BCUT2D eigenvalue weighted by atomic mass is 28.3. The summed E-state index contributed by atoms with van der Waals surface area (Å²) in [6.45, 7) is 14.5. The summed E-state index contributed by atoms with van der Waals surface area (Å²) in [5.41, 5.74) is 5.29. The monoisotopic (exact) mass is 346 g/mol. The van der Waals surface area contributed by atoms with E-state index < -0.39 is 16.1 Å². The van der Waals surface area contributed by atoms with E-state index in [1.807, 2.05) is 12.1 Å². The second-order valence-corrected chi connectivity index (χ2v) is 19.3. The van der Waals surface area contributed by atoms with Gasteiger partial charge in [-0.25, -0.2) is 0 Å². The number of methoxy groups -OCH3 is 1. The first-order valence-electron chi connectivity index (χ1n) is 8.60. The lowest BCUT2D eigenvalue weighted by Crippen LogP contribution is -2.19. The van der Waals surface area contributed by atoms with Gasteiger partial charge in [-0.1, -0.05) is 80.9 Å². The van der Waals surface area contributed by atoms with Crippen LogP contribution in [0.25, 0.3) is 6.08 Å². The van der Waals surface area contributed by atoms with Gasteiger partial charge in [-0.05, 0) is 30.5 Å². The van der Waals surface area contributed by atoms with E-state index in [1.165, 1.54) is 18.0 Å². The molecule has 0 bridgehead atoms. The summed E-state index contributed by atoms with van der Waals surface area (Å²) in [7, 11) is -0.394. The Bertz CT molecular complexity index is 528. The van der Waals surface area contributed by atoms with E-state index in [-0.39, 0.29) is 0 Å². The molecular formula is C20H34OSi2. The highest BCUT2D eigenvalue weighted by Crippen LogP contribution is 2.22. The number of rotatable bonds is 8. The Morgan fingerprint density at radius 2 is 1.61 bits per heavy atom. The summed E-state index contributed by atoms with van der Waals surface area (Å²) in [4.78, 5) is 0. The zero-order chi connectivity index (χ0) is 17.5. The molecule has 0 fully saturated rings. The first-order chi connectivity index (χ1) is 10.6. The normalized spacial score (nSPS) is 13.6. The standard InChI is InChI=1S/C20H34OSi2/c1-21-20-12-10-19(11-13-20)17-18(14-16-23(5,6)7)9-8-15-22(2,3)4/h8,10-13,15,17H,9,14,16H2,1-7H3/b15-8+,18-17-. The number of ether oxygens (including phenoxy) is 1. The van der Waals surface area contributed by atoms with Crippen LogP contribution >= 0.6 is 0 Å². The van der Waals surface area contributed by atoms with Crippen molar-refractivity contribution in [3.8, 4) is 5.75 Å². The first kappa shape index (κ1) is 20.0. The Balaban J connectivity index is 2.87. The summed E-state index contributed by atoms with van der Waals surface area (Å²) in [6, 6.07) is 9.74. The van der Waals surface area contributed by atoms with Gasteiger partial charge in [-0.2, -0.15) is 0 Å². The second kappa shape index (κ2) is 8.69. The molecule has 0 aromatic heterocycles. The van der Waals surface area contributed by atoms with Crippen molar-refractivity contribution in [1.29, 1.82) is 0 Å². The maximum Gasteiger partial charge on any atom is 0.118 e. The number of benzene rings is 1. The summed E-state index contributed by atoms with van der Waals surface area (Å²) in [5, 5.41) is 0. The van der Waals surface area contributed by atoms with Crippen LogP contribution in [0.15, 0.2) is 41.6 Å². The van der Waals surface area contributed by atoms with Crippen LogP contribution in [0.3, 0.4) is 0 Å². The maximum atomic E-state index is 5.25. The van der Waals surface area contributed by atoms with Crippen molar-refractivity contribution in [3.05, 3.63) is 47.2 Å². The van der Waals surface area contributed by atoms with Crippen LogP contribution in [0.4, 0.5) is 0 Å². The third kappa shape index (κ3) is 9.62. The molecule has 0 unspecified atom stereocenters. The molecule has 1 rings (SSSR count). The molecular weight excluding hydrogens is 312 g/mol. The summed E-state index contributed by atoms with van der Waals surface area (Å²) >= 11 is 0. The minimum atomic E-state index is -1.10. The van der Waals surface area contributed by atoms with Crippen molar-refractivity contribution < 1.29 is 4.74 Å². The van der Waals surface area contributed by atoms with Crippen LogP contribution in [0.5, 0.6) is 5.75 Å². The molecule has 0 spiro atoms. The van der Waals surface area contributed by atoms with Crippen molar-refractivity contribution in [2.45, 2.75) is 58.2 Å². The molecule has 3 heteroatoms. The number of allylic oxidation sites excluding steroid dienone is 2. The van der Waals surface area contributed by atoms with Crippen LogP contribution < -0.4 is 4.74 Å². The van der Waals surface area contributed by atoms with Crippen LogP contribution in [0.1, 0.15) is 18.4 Å². The lowest BCUT2D eigenvalue weighted by molar-refractivity contribution is 0.415. The Kier molecular flexibility index (Phi) is 7.55. The van der Waals surface area contributed by atoms with E-state index in [9.17, 15) is 0 Å². The molecule has 0 aliphatic rings. The molecule has 1 aromatic carbocycles. The molecule has 0 saturated heterocycles. The average Bonchev–Trinajstić information content (AvgIpc) is 2.43. The third-order valence-corrected chi connectivity index (χ3v) is 6.67. The van der Waals surface area contributed by atoms with Crippen LogP contribution in [0.2, 0.25) is 45.3 Å². The zero-order valence-corrected chi connectivity index (χ0v) is 18.1. The molecule has 0 heterocycles. The van der Waals surface area contributed by atoms with Gasteiger partial charge in [0.2, 0.25) is 0 Å². The minimum Gasteiger partial charge on any atom is -0.497 e. The van der Waals surface area contributed by atoms with Gasteiger partial charge in [0, 0.05) is 8.07 Å².